The van der Waals surface area contributed by atoms with Crippen molar-refractivity contribution in [3.8, 4) is 0 Å². The summed E-state index contributed by atoms with van der Waals surface area (Å²) < 4.78 is 25.9. The van der Waals surface area contributed by atoms with Crippen molar-refractivity contribution in [2.45, 2.75) is 58.0 Å². The SMILES string of the molecule is CCN(Cc1ccccc1)C(=O)CCN(C1CCCCC1)S(C)(=O)=O. The number of carbonyl (C=O) groups excluding carboxylic acids is 1. The van der Waals surface area contributed by atoms with E-state index in [1.165, 1.54) is 12.7 Å². The van der Waals surface area contributed by atoms with Crippen molar-refractivity contribution < 1.29 is 13.2 Å². The van der Waals surface area contributed by atoms with Gasteiger partial charge in [-0.05, 0) is 25.3 Å². The van der Waals surface area contributed by atoms with E-state index >= 15 is 0 Å². The second-order valence-electron chi connectivity index (χ2n) is 6.81. The van der Waals surface area contributed by atoms with Gasteiger partial charge in [-0.3, -0.25) is 4.79 Å². The number of carbonyl (C=O) groups is 1. The van der Waals surface area contributed by atoms with Gasteiger partial charge in [0.2, 0.25) is 15.9 Å². The summed E-state index contributed by atoms with van der Waals surface area (Å²) in [5, 5.41) is 0. The molecule has 1 fully saturated rings. The second-order valence-corrected chi connectivity index (χ2v) is 8.74. The van der Waals surface area contributed by atoms with E-state index in [-0.39, 0.29) is 24.9 Å². The van der Waals surface area contributed by atoms with E-state index in [2.05, 4.69) is 0 Å². The number of hydrogen-bond acceptors (Lipinski definition) is 3. The van der Waals surface area contributed by atoms with Crippen LogP contribution in [0.1, 0.15) is 51.0 Å². The van der Waals surface area contributed by atoms with Crippen LogP contribution in [0.15, 0.2) is 30.3 Å². The summed E-state index contributed by atoms with van der Waals surface area (Å²) in [7, 11) is -3.29. The summed E-state index contributed by atoms with van der Waals surface area (Å²) in [5.74, 6) is 0.0100. The van der Waals surface area contributed by atoms with Crippen LogP contribution in [-0.2, 0) is 21.4 Å². The molecule has 1 amide bonds. The van der Waals surface area contributed by atoms with Crippen molar-refractivity contribution in [3.63, 3.8) is 0 Å². The molecule has 6 heteroatoms. The highest BCUT2D eigenvalue weighted by Gasteiger charge is 2.28. The largest absolute Gasteiger partial charge is 0.339 e. The minimum Gasteiger partial charge on any atom is -0.339 e. The Hall–Kier alpha value is -1.40. The molecule has 25 heavy (non-hydrogen) atoms. The minimum atomic E-state index is -3.29. The molecule has 0 atom stereocenters. The molecular weight excluding hydrogens is 336 g/mol. The van der Waals surface area contributed by atoms with Gasteiger partial charge in [-0.25, -0.2) is 8.42 Å². The Morgan fingerprint density at radius 2 is 1.76 bits per heavy atom. The van der Waals surface area contributed by atoms with Crippen LogP contribution in [0.2, 0.25) is 0 Å². The Balaban J connectivity index is 1.96. The normalized spacial score (nSPS) is 16.1. The second kappa shape index (κ2) is 9.34. The lowest BCUT2D eigenvalue weighted by Gasteiger charge is -2.32. The zero-order valence-corrected chi connectivity index (χ0v) is 16.2. The number of amides is 1. The van der Waals surface area contributed by atoms with E-state index in [0.29, 0.717) is 13.1 Å². The fourth-order valence-electron chi connectivity index (χ4n) is 3.53. The number of benzene rings is 1. The van der Waals surface area contributed by atoms with Gasteiger partial charge in [-0.1, -0.05) is 49.6 Å². The van der Waals surface area contributed by atoms with Crippen LogP contribution in [0, 0.1) is 0 Å². The van der Waals surface area contributed by atoms with Crippen LogP contribution >= 0.6 is 0 Å². The molecule has 0 aliphatic heterocycles. The van der Waals surface area contributed by atoms with Gasteiger partial charge in [-0.2, -0.15) is 4.31 Å². The van der Waals surface area contributed by atoms with Gasteiger partial charge >= 0.3 is 0 Å². The molecule has 2 rings (SSSR count). The molecule has 0 saturated heterocycles. The Morgan fingerprint density at radius 3 is 2.32 bits per heavy atom. The molecule has 0 radical (unpaired) electrons. The van der Waals surface area contributed by atoms with Crippen LogP contribution in [-0.4, -0.2) is 48.9 Å². The minimum absolute atomic E-state index is 0.0100. The summed E-state index contributed by atoms with van der Waals surface area (Å²) in [5.41, 5.74) is 1.09. The van der Waals surface area contributed by atoms with Gasteiger partial charge in [0.15, 0.2) is 0 Å². The lowest BCUT2D eigenvalue weighted by molar-refractivity contribution is -0.131. The fraction of sp³-hybridized carbons (Fsp3) is 0.632. The van der Waals surface area contributed by atoms with Gasteiger partial charge in [0.25, 0.3) is 0 Å². The first-order valence-corrected chi connectivity index (χ1v) is 11.0. The van der Waals surface area contributed by atoms with Gasteiger partial charge in [0, 0.05) is 32.1 Å². The van der Waals surface area contributed by atoms with Crippen molar-refractivity contribution >= 4 is 15.9 Å². The van der Waals surface area contributed by atoms with Gasteiger partial charge in [0.05, 0.1) is 6.26 Å². The van der Waals surface area contributed by atoms with Crippen LogP contribution in [0.4, 0.5) is 0 Å². The van der Waals surface area contributed by atoms with Crippen molar-refractivity contribution in [1.82, 2.24) is 9.21 Å². The maximum absolute atomic E-state index is 12.6. The Labute approximate surface area is 152 Å². The van der Waals surface area contributed by atoms with Crippen LogP contribution in [0.25, 0.3) is 0 Å². The molecule has 0 heterocycles. The first-order valence-electron chi connectivity index (χ1n) is 9.20. The third-order valence-corrected chi connectivity index (χ3v) is 6.24. The molecule has 5 nitrogen and oxygen atoms in total. The lowest BCUT2D eigenvalue weighted by Crippen LogP contribution is -2.43. The van der Waals surface area contributed by atoms with E-state index in [1.54, 1.807) is 9.21 Å². The van der Waals surface area contributed by atoms with Gasteiger partial charge in [-0.15, -0.1) is 0 Å². The highest BCUT2D eigenvalue weighted by molar-refractivity contribution is 7.88. The first-order chi connectivity index (χ1) is 11.9. The van der Waals surface area contributed by atoms with Gasteiger partial charge in [0.1, 0.15) is 0 Å². The van der Waals surface area contributed by atoms with Crippen molar-refractivity contribution in [3.05, 3.63) is 35.9 Å². The van der Waals surface area contributed by atoms with Gasteiger partial charge < -0.3 is 4.90 Å². The van der Waals surface area contributed by atoms with Crippen molar-refractivity contribution in [2.75, 3.05) is 19.3 Å². The standard InChI is InChI=1S/C19H30N2O3S/c1-3-20(16-17-10-6-4-7-11-17)19(22)14-15-21(25(2,23)24)18-12-8-5-9-13-18/h4,6-7,10-11,18H,3,5,8-9,12-16H2,1-2H3. The number of hydrogen-bond donors (Lipinski definition) is 0. The lowest BCUT2D eigenvalue weighted by atomic mass is 9.95. The van der Waals surface area contributed by atoms with E-state index in [0.717, 1.165) is 31.2 Å². The smallest absolute Gasteiger partial charge is 0.224 e. The zero-order chi connectivity index (χ0) is 18.3. The molecule has 1 aliphatic rings. The summed E-state index contributed by atoms with van der Waals surface area (Å²) in [6.45, 7) is 3.43. The quantitative estimate of drug-likeness (QED) is 0.711. The molecule has 0 bridgehead atoms. The molecule has 1 saturated carbocycles. The van der Waals surface area contributed by atoms with Crippen molar-refractivity contribution in [1.29, 1.82) is 0 Å². The fourth-order valence-corrected chi connectivity index (χ4v) is 4.71. The summed E-state index contributed by atoms with van der Waals surface area (Å²) >= 11 is 0. The molecule has 0 spiro atoms. The molecule has 140 valence electrons. The summed E-state index contributed by atoms with van der Waals surface area (Å²) in [4.78, 5) is 14.4. The Morgan fingerprint density at radius 1 is 1.12 bits per heavy atom. The maximum Gasteiger partial charge on any atom is 0.224 e. The molecule has 0 unspecified atom stereocenters. The van der Waals surface area contributed by atoms with Crippen molar-refractivity contribution in [2.24, 2.45) is 0 Å². The number of rotatable bonds is 8. The Bertz CT molecular complexity index is 640. The molecule has 0 aromatic heterocycles. The molecule has 1 aromatic rings. The van der Waals surface area contributed by atoms with E-state index in [4.69, 9.17) is 0 Å². The monoisotopic (exact) mass is 366 g/mol. The van der Waals surface area contributed by atoms with E-state index in [9.17, 15) is 13.2 Å². The average Bonchev–Trinajstić information content (AvgIpc) is 2.60. The van der Waals surface area contributed by atoms with E-state index < -0.39 is 10.0 Å². The average molecular weight is 367 g/mol. The highest BCUT2D eigenvalue weighted by atomic mass is 32.2. The molecule has 1 aromatic carbocycles. The topological polar surface area (TPSA) is 57.7 Å². The van der Waals surface area contributed by atoms with Crippen LogP contribution in [0.3, 0.4) is 0 Å². The molecular formula is C19H30N2O3S. The van der Waals surface area contributed by atoms with E-state index in [1.807, 2.05) is 37.3 Å². The number of sulfonamides is 1. The predicted octanol–water partition coefficient (Wildman–Crippen LogP) is 3.02. The van der Waals surface area contributed by atoms with Crippen LogP contribution in [0.5, 0.6) is 0 Å². The molecule has 0 N–H and O–H groups in total. The third-order valence-electron chi connectivity index (χ3n) is 4.90. The number of nitrogens with zero attached hydrogens (tertiary/aromatic N) is 2. The Kier molecular flexibility index (Phi) is 7.44. The zero-order valence-electron chi connectivity index (χ0n) is 15.4. The maximum atomic E-state index is 12.6. The summed E-state index contributed by atoms with van der Waals surface area (Å²) in [6, 6.07) is 9.93. The first kappa shape index (κ1) is 19.9. The summed E-state index contributed by atoms with van der Waals surface area (Å²) in [6.07, 6.45) is 6.62. The van der Waals surface area contributed by atoms with Crippen LogP contribution < -0.4 is 0 Å². The molecule has 1 aliphatic carbocycles. The highest BCUT2D eigenvalue weighted by Crippen LogP contribution is 2.24. The third kappa shape index (κ3) is 6.12. The predicted molar refractivity (Wildman–Crippen MR) is 101 cm³/mol.